The number of aromatic nitrogens is 3. The molecule has 6 heteroatoms. The Balaban J connectivity index is 1.47. The standard InChI is InChI=1S/C23H18N4O2/c28-22-17-12-13-27(14-20(17)25-21(26-22)16-7-2-1-3-8-16)23(29)19-11-10-15-6-4-5-9-18(15)24-19/h1-11H,12-14H2,(H,25,26,28). The van der Waals surface area contributed by atoms with Gasteiger partial charge in [0.25, 0.3) is 11.5 Å². The van der Waals surface area contributed by atoms with Gasteiger partial charge in [0.15, 0.2) is 0 Å². The fourth-order valence-electron chi connectivity index (χ4n) is 3.69. The number of fused-ring (bicyclic) bond motifs is 2. The molecule has 2 aromatic carbocycles. The van der Waals surface area contributed by atoms with Crippen LogP contribution in [0.3, 0.4) is 0 Å². The maximum absolute atomic E-state index is 13.0. The molecule has 0 spiro atoms. The molecule has 0 atom stereocenters. The molecule has 2 aromatic heterocycles. The summed E-state index contributed by atoms with van der Waals surface area (Å²) in [5.41, 5.74) is 3.20. The van der Waals surface area contributed by atoms with Crippen molar-refractivity contribution < 1.29 is 4.79 Å². The third-order valence-electron chi connectivity index (χ3n) is 5.23. The number of H-pyrrole nitrogens is 1. The molecule has 142 valence electrons. The molecule has 0 saturated heterocycles. The lowest BCUT2D eigenvalue weighted by molar-refractivity contribution is 0.0726. The van der Waals surface area contributed by atoms with E-state index >= 15 is 0 Å². The average Bonchev–Trinajstić information content (AvgIpc) is 2.78. The molecular formula is C23H18N4O2. The first-order valence-corrected chi connectivity index (χ1v) is 9.51. The zero-order chi connectivity index (χ0) is 19.8. The lowest BCUT2D eigenvalue weighted by Gasteiger charge is -2.27. The van der Waals surface area contributed by atoms with Crippen molar-refractivity contribution in [1.82, 2.24) is 19.9 Å². The van der Waals surface area contributed by atoms with Gasteiger partial charge in [-0.15, -0.1) is 0 Å². The zero-order valence-electron chi connectivity index (χ0n) is 15.6. The smallest absolute Gasteiger partial charge is 0.272 e. The Morgan fingerprint density at radius 2 is 1.72 bits per heavy atom. The predicted molar refractivity (Wildman–Crippen MR) is 110 cm³/mol. The van der Waals surface area contributed by atoms with E-state index in [-0.39, 0.29) is 11.5 Å². The minimum Gasteiger partial charge on any atom is -0.331 e. The molecule has 1 aliphatic rings. The Kier molecular flexibility index (Phi) is 4.17. The first-order chi connectivity index (χ1) is 14.2. The highest BCUT2D eigenvalue weighted by molar-refractivity contribution is 5.95. The van der Waals surface area contributed by atoms with Gasteiger partial charge in [-0.25, -0.2) is 9.97 Å². The van der Waals surface area contributed by atoms with Crippen LogP contribution in [-0.2, 0) is 13.0 Å². The van der Waals surface area contributed by atoms with Crippen molar-refractivity contribution in [2.75, 3.05) is 6.54 Å². The van der Waals surface area contributed by atoms with E-state index < -0.39 is 0 Å². The lowest BCUT2D eigenvalue weighted by Crippen LogP contribution is -2.39. The van der Waals surface area contributed by atoms with Gasteiger partial charge in [-0.2, -0.15) is 0 Å². The quantitative estimate of drug-likeness (QED) is 0.577. The van der Waals surface area contributed by atoms with E-state index in [9.17, 15) is 9.59 Å². The normalized spacial score (nSPS) is 13.3. The van der Waals surface area contributed by atoms with Crippen LogP contribution in [0.1, 0.15) is 21.7 Å². The van der Waals surface area contributed by atoms with Gasteiger partial charge in [-0.1, -0.05) is 54.6 Å². The van der Waals surface area contributed by atoms with Gasteiger partial charge in [0.2, 0.25) is 0 Å². The monoisotopic (exact) mass is 382 g/mol. The molecule has 1 amide bonds. The van der Waals surface area contributed by atoms with Crippen LogP contribution < -0.4 is 5.56 Å². The molecule has 3 heterocycles. The first kappa shape index (κ1) is 17.3. The van der Waals surface area contributed by atoms with E-state index in [0.29, 0.717) is 42.3 Å². The maximum atomic E-state index is 13.0. The Labute approximate surface area is 166 Å². The molecule has 1 aliphatic heterocycles. The van der Waals surface area contributed by atoms with Crippen molar-refractivity contribution in [3.63, 3.8) is 0 Å². The fraction of sp³-hybridized carbons (Fsp3) is 0.130. The van der Waals surface area contributed by atoms with Gasteiger partial charge in [0.05, 0.1) is 17.8 Å². The van der Waals surface area contributed by atoms with Gasteiger partial charge >= 0.3 is 0 Å². The minimum atomic E-state index is -0.148. The number of nitrogens with one attached hydrogen (secondary N) is 1. The number of nitrogens with zero attached hydrogens (tertiary/aromatic N) is 3. The number of amides is 1. The van der Waals surface area contributed by atoms with Crippen molar-refractivity contribution in [2.24, 2.45) is 0 Å². The number of pyridine rings is 1. The summed E-state index contributed by atoms with van der Waals surface area (Å²) in [6.07, 6.45) is 0.478. The molecule has 4 aromatic rings. The van der Waals surface area contributed by atoms with Crippen molar-refractivity contribution in [3.8, 4) is 11.4 Å². The van der Waals surface area contributed by atoms with E-state index in [4.69, 9.17) is 0 Å². The Bertz CT molecular complexity index is 1280. The van der Waals surface area contributed by atoms with Gasteiger partial charge in [-0.05, 0) is 18.6 Å². The highest BCUT2D eigenvalue weighted by atomic mass is 16.2. The van der Waals surface area contributed by atoms with Crippen molar-refractivity contribution in [2.45, 2.75) is 13.0 Å². The highest BCUT2D eigenvalue weighted by Gasteiger charge is 2.26. The first-order valence-electron chi connectivity index (χ1n) is 9.51. The molecule has 0 saturated carbocycles. The second-order valence-electron chi connectivity index (χ2n) is 7.07. The average molecular weight is 382 g/mol. The minimum absolute atomic E-state index is 0.134. The predicted octanol–water partition coefficient (Wildman–Crippen LogP) is 3.18. The molecule has 29 heavy (non-hydrogen) atoms. The molecular weight excluding hydrogens is 364 g/mol. The van der Waals surface area contributed by atoms with Crippen LogP contribution >= 0.6 is 0 Å². The summed E-state index contributed by atoms with van der Waals surface area (Å²) in [6, 6.07) is 20.9. The van der Waals surface area contributed by atoms with Gasteiger partial charge in [0.1, 0.15) is 11.5 Å². The fourth-order valence-corrected chi connectivity index (χ4v) is 3.69. The van der Waals surface area contributed by atoms with Crippen LogP contribution in [0.25, 0.3) is 22.3 Å². The SMILES string of the molecule is O=C(c1ccc2ccccc2n1)N1CCc2c(nc(-c3ccccc3)[nH]c2=O)C1. The Hall–Kier alpha value is -3.80. The molecule has 0 radical (unpaired) electrons. The number of carbonyl (C=O) groups is 1. The van der Waals surface area contributed by atoms with Gasteiger partial charge < -0.3 is 9.88 Å². The van der Waals surface area contributed by atoms with Crippen molar-refractivity contribution in [3.05, 3.63) is 94.0 Å². The van der Waals surface area contributed by atoms with E-state index in [1.54, 1.807) is 11.0 Å². The summed E-state index contributed by atoms with van der Waals surface area (Å²) in [5.74, 6) is 0.372. The summed E-state index contributed by atoms with van der Waals surface area (Å²) in [7, 11) is 0. The highest BCUT2D eigenvalue weighted by Crippen LogP contribution is 2.20. The molecule has 5 rings (SSSR count). The lowest BCUT2D eigenvalue weighted by atomic mass is 10.1. The summed E-state index contributed by atoms with van der Waals surface area (Å²) in [4.78, 5) is 39.3. The third-order valence-corrected chi connectivity index (χ3v) is 5.23. The van der Waals surface area contributed by atoms with Gasteiger partial charge in [0, 0.05) is 23.1 Å². The Morgan fingerprint density at radius 1 is 0.931 bits per heavy atom. The maximum Gasteiger partial charge on any atom is 0.272 e. The summed E-state index contributed by atoms with van der Waals surface area (Å²) in [5, 5.41) is 0.994. The van der Waals surface area contributed by atoms with Crippen LogP contribution in [0.2, 0.25) is 0 Å². The second kappa shape index (κ2) is 6.98. The van der Waals surface area contributed by atoms with E-state index in [2.05, 4.69) is 15.0 Å². The van der Waals surface area contributed by atoms with E-state index in [0.717, 1.165) is 16.5 Å². The van der Waals surface area contributed by atoms with Gasteiger partial charge in [-0.3, -0.25) is 9.59 Å². The topological polar surface area (TPSA) is 79.0 Å². The number of benzene rings is 2. The molecule has 0 fully saturated rings. The van der Waals surface area contributed by atoms with Crippen LogP contribution in [0.5, 0.6) is 0 Å². The van der Waals surface area contributed by atoms with Crippen molar-refractivity contribution >= 4 is 16.8 Å². The molecule has 0 aliphatic carbocycles. The van der Waals surface area contributed by atoms with E-state index in [1.807, 2.05) is 60.7 Å². The summed E-state index contributed by atoms with van der Waals surface area (Å²) >= 11 is 0. The molecule has 1 N–H and O–H groups in total. The number of rotatable bonds is 2. The summed E-state index contributed by atoms with van der Waals surface area (Å²) < 4.78 is 0. The number of carbonyl (C=O) groups excluding carboxylic acids is 1. The van der Waals surface area contributed by atoms with Crippen molar-refractivity contribution in [1.29, 1.82) is 0 Å². The van der Waals surface area contributed by atoms with Crippen LogP contribution in [0.15, 0.2) is 71.5 Å². The van der Waals surface area contributed by atoms with Crippen LogP contribution in [0.4, 0.5) is 0 Å². The largest absolute Gasteiger partial charge is 0.331 e. The molecule has 0 unspecified atom stereocenters. The Morgan fingerprint density at radius 3 is 2.59 bits per heavy atom. The van der Waals surface area contributed by atoms with Crippen LogP contribution in [-0.4, -0.2) is 32.3 Å². The number of aromatic amines is 1. The zero-order valence-corrected chi connectivity index (χ0v) is 15.6. The number of hydrogen-bond acceptors (Lipinski definition) is 4. The second-order valence-corrected chi connectivity index (χ2v) is 7.07. The number of para-hydroxylation sites is 1. The number of hydrogen-bond donors (Lipinski definition) is 1. The third kappa shape index (κ3) is 3.18. The molecule has 6 nitrogen and oxygen atoms in total. The molecule has 0 bridgehead atoms. The van der Waals surface area contributed by atoms with E-state index in [1.165, 1.54) is 0 Å². The van der Waals surface area contributed by atoms with Crippen LogP contribution in [0, 0.1) is 0 Å². The summed E-state index contributed by atoms with van der Waals surface area (Å²) in [6.45, 7) is 0.766.